The molecule has 19 heavy (non-hydrogen) atoms. The molecule has 1 atom stereocenters. The smallest absolute Gasteiger partial charge is 0.0109 e. The van der Waals surface area contributed by atoms with Crippen LogP contribution < -0.4 is 5.32 Å². The van der Waals surface area contributed by atoms with Crippen molar-refractivity contribution in [1.29, 1.82) is 0 Å². The summed E-state index contributed by atoms with van der Waals surface area (Å²) in [4.78, 5) is 5.15. The van der Waals surface area contributed by atoms with Crippen LogP contribution in [-0.4, -0.2) is 62.2 Å². The quantitative estimate of drug-likeness (QED) is 0.691. The van der Waals surface area contributed by atoms with Gasteiger partial charge >= 0.3 is 0 Å². The summed E-state index contributed by atoms with van der Waals surface area (Å²) in [5, 5.41) is 3.71. The van der Waals surface area contributed by atoms with E-state index >= 15 is 0 Å². The molecule has 3 heteroatoms. The maximum Gasteiger partial charge on any atom is 0.0109 e. The summed E-state index contributed by atoms with van der Waals surface area (Å²) in [7, 11) is 2.29. The van der Waals surface area contributed by atoms with Crippen molar-refractivity contribution in [2.45, 2.75) is 52.0 Å². The molecule has 0 aromatic carbocycles. The molecule has 2 aliphatic rings. The molecule has 2 fully saturated rings. The Morgan fingerprint density at radius 1 is 1.26 bits per heavy atom. The minimum Gasteiger partial charge on any atom is -0.313 e. The topological polar surface area (TPSA) is 18.5 Å². The zero-order valence-electron chi connectivity index (χ0n) is 13.2. The highest BCUT2D eigenvalue weighted by Gasteiger charge is 2.28. The van der Waals surface area contributed by atoms with Gasteiger partial charge in [-0.2, -0.15) is 0 Å². The largest absolute Gasteiger partial charge is 0.313 e. The van der Waals surface area contributed by atoms with Gasteiger partial charge in [0.2, 0.25) is 0 Å². The van der Waals surface area contributed by atoms with E-state index in [4.69, 9.17) is 0 Å². The summed E-state index contributed by atoms with van der Waals surface area (Å²) in [6.07, 6.45) is 6.86. The van der Waals surface area contributed by atoms with E-state index in [1.807, 2.05) is 0 Å². The lowest BCUT2D eigenvalue weighted by atomic mass is 9.87. The highest BCUT2D eigenvalue weighted by molar-refractivity contribution is 4.86. The lowest BCUT2D eigenvalue weighted by Gasteiger charge is -2.34. The Balaban J connectivity index is 1.66. The first-order valence-corrected chi connectivity index (χ1v) is 8.25. The van der Waals surface area contributed by atoms with Gasteiger partial charge in [-0.1, -0.05) is 13.8 Å². The lowest BCUT2D eigenvalue weighted by Crippen LogP contribution is -2.43. The van der Waals surface area contributed by atoms with Crippen LogP contribution in [0.1, 0.15) is 46.0 Å². The second kappa shape index (κ2) is 7.05. The summed E-state index contributed by atoms with van der Waals surface area (Å²) in [6.45, 7) is 12.3. The van der Waals surface area contributed by atoms with Gasteiger partial charge in [0.25, 0.3) is 0 Å². The third-order valence-corrected chi connectivity index (χ3v) is 4.90. The van der Waals surface area contributed by atoms with E-state index in [9.17, 15) is 0 Å². The van der Waals surface area contributed by atoms with Crippen molar-refractivity contribution in [3.8, 4) is 0 Å². The van der Waals surface area contributed by atoms with Crippen LogP contribution in [0.25, 0.3) is 0 Å². The molecule has 3 nitrogen and oxygen atoms in total. The summed E-state index contributed by atoms with van der Waals surface area (Å²) in [5.74, 6) is 0. The number of nitrogens with zero attached hydrogens (tertiary/aromatic N) is 2. The van der Waals surface area contributed by atoms with E-state index in [0.717, 1.165) is 6.04 Å². The Kier molecular flexibility index (Phi) is 5.67. The molecule has 0 aromatic rings. The molecule has 0 radical (unpaired) electrons. The van der Waals surface area contributed by atoms with Crippen molar-refractivity contribution < 1.29 is 0 Å². The predicted octanol–water partition coefficient (Wildman–Crippen LogP) is 2.18. The van der Waals surface area contributed by atoms with Gasteiger partial charge in [0.05, 0.1) is 0 Å². The van der Waals surface area contributed by atoms with Crippen molar-refractivity contribution in [2.75, 3.05) is 46.3 Å². The van der Waals surface area contributed by atoms with Gasteiger partial charge in [-0.15, -0.1) is 0 Å². The van der Waals surface area contributed by atoms with Crippen LogP contribution in [-0.2, 0) is 0 Å². The molecule has 1 aliphatic heterocycles. The van der Waals surface area contributed by atoms with Crippen LogP contribution in [0.4, 0.5) is 0 Å². The van der Waals surface area contributed by atoms with E-state index in [2.05, 4.69) is 36.0 Å². The van der Waals surface area contributed by atoms with Crippen molar-refractivity contribution >= 4 is 0 Å². The molecule has 2 rings (SSSR count). The third-order valence-electron chi connectivity index (χ3n) is 4.90. The molecular formula is C16H33N3. The Labute approximate surface area is 119 Å². The lowest BCUT2D eigenvalue weighted by molar-refractivity contribution is 0.165. The first-order valence-electron chi connectivity index (χ1n) is 8.25. The zero-order valence-corrected chi connectivity index (χ0v) is 13.2. The molecule has 1 unspecified atom stereocenters. The van der Waals surface area contributed by atoms with Crippen molar-refractivity contribution in [3.05, 3.63) is 0 Å². The first-order chi connectivity index (χ1) is 9.11. The predicted molar refractivity (Wildman–Crippen MR) is 82.6 cm³/mol. The second-order valence-electron chi connectivity index (χ2n) is 7.11. The van der Waals surface area contributed by atoms with Crippen LogP contribution in [0, 0.1) is 5.41 Å². The standard InChI is InChI=1S/C16H33N3/c1-4-16(2,13-17-15-7-8-15)14-18(3)11-12-19-9-5-6-10-19/h15,17H,4-14H2,1-3H3. The van der Waals surface area contributed by atoms with Crippen LogP contribution in [0.15, 0.2) is 0 Å². The Morgan fingerprint density at radius 3 is 2.53 bits per heavy atom. The molecule has 0 amide bonds. The monoisotopic (exact) mass is 267 g/mol. The van der Waals surface area contributed by atoms with E-state index in [1.54, 1.807) is 0 Å². The highest BCUT2D eigenvalue weighted by atomic mass is 15.2. The van der Waals surface area contributed by atoms with Crippen LogP contribution >= 0.6 is 0 Å². The number of hydrogen-bond acceptors (Lipinski definition) is 3. The maximum absolute atomic E-state index is 3.71. The molecule has 1 heterocycles. The molecule has 1 saturated heterocycles. The summed E-state index contributed by atoms with van der Waals surface area (Å²) >= 11 is 0. The number of likely N-dealkylation sites (N-methyl/N-ethyl adjacent to an activating group) is 1. The third kappa shape index (κ3) is 5.41. The van der Waals surface area contributed by atoms with Crippen molar-refractivity contribution in [1.82, 2.24) is 15.1 Å². The van der Waals surface area contributed by atoms with Gasteiger partial charge in [0.1, 0.15) is 0 Å². The fourth-order valence-electron chi connectivity index (χ4n) is 3.02. The average Bonchev–Trinajstić information content (AvgIpc) is 3.09. The van der Waals surface area contributed by atoms with Crippen LogP contribution in [0.5, 0.6) is 0 Å². The molecule has 1 aliphatic carbocycles. The summed E-state index contributed by atoms with van der Waals surface area (Å²) in [6, 6.07) is 0.834. The fraction of sp³-hybridized carbons (Fsp3) is 1.00. The van der Waals surface area contributed by atoms with Gasteiger partial charge in [-0.3, -0.25) is 0 Å². The molecule has 0 aromatic heterocycles. The number of nitrogens with one attached hydrogen (secondary N) is 1. The molecule has 0 spiro atoms. The minimum atomic E-state index is 0.433. The van der Waals surface area contributed by atoms with Gasteiger partial charge in [-0.25, -0.2) is 0 Å². The Hall–Kier alpha value is -0.120. The van der Waals surface area contributed by atoms with E-state index in [0.29, 0.717) is 5.41 Å². The van der Waals surface area contributed by atoms with Crippen LogP contribution in [0.2, 0.25) is 0 Å². The number of rotatable bonds is 9. The van der Waals surface area contributed by atoms with Gasteiger partial charge in [0, 0.05) is 32.2 Å². The normalized spacial score (nSPS) is 24.0. The minimum absolute atomic E-state index is 0.433. The van der Waals surface area contributed by atoms with Gasteiger partial charge in [-0.05, 0) is 57.7 Å². The Morgan fingerprint density at radius 2 is 1.95 bits per heavy atom. The van der Waals surface area contributed by atoms with E-state index in [-0.39, 0.29) is 0 Å². The molecule has 1 saturated carbocycles. The molecule has 0 bridgehead atoms. The molecule has 1 N–H and O–H groups in total. The SMILES string of the molecule is CCC(C)(CNC1CC1)CN(C)CCN1CCCC1. The second-order valence-corrected chi connectivity index (χ2v) is 7.11. The van der Waals surface area contributed by atoms with E-state index in [1.165, 1.54) is 71.4 Å². The van der Waals surface area contributed by atoms with Gasteiger partial charge in [0.15, 0.2) is 0 Å². The first kappa shape index (κ1) is 15.3. The van der Waals surface area contributed by atoms with Crippen LogP contribution in [0.3, 0.4) is 0 Å². The summed E-state index contributed by atoms with van der Waals surface area (Å²) in [5.41, 5.74) is 0.433. The number of hydrogen-bond donors (Lipinski definition) is 1. The summed E-state index contributed by atoms with van der Waals surface area (Å²) < 4.78 is 0. The zero-order chi connectivity index (χ0) is 13.7. The molecular weight excluding hydrogens is 234 g/mol. The van der Waals surface area contributed by atoms with Gasteiger partial charge < -0.3 is 15.1 Å². The fourth-order valence-corrected chi connectivity index (χ4v) is 3.02. The number of likely N-dealkylation sites (tertiary alicyclic amines) is 1. The average molecular weight is 267 g/mol. The van der Waals surface area contributed by atoms with Crippen molar-refractivity contribution in [3.63, 3.8) is 0 Å². The van der Waals surface area contributed by atoms with Crippen molar-refractivity contribution in [2.24, 2.45) is 5.41 Å². The Bertz CT molecular complexity index is 259. The van der Waals surface area contributed by atoms with E-state index < -0.39 is 0 Å². The highest BCUT2D eigenvalue weighted by Crippen LogP contribution is 2.25. The molecule has 112 valence electrons. The maximum atomic E-state index is 3.71.